The number of hydrazone groups is 1. The number of halogens is 2. The Labute approximate surface area is 129 Å². The van der Waals surface area contributed by atoms with Gasteiger partial charge in [-0.2, -0.15) is 19.7 Å². The minimum absolute atomic E-state index is 0.204. The standard InChI is InChI=1S/C12H14BrFN6O/c1-3-19-7-9(13)10(18-19)12(21)17-15-5-8-6-16-20(4-2)11(8)14/h5-7H,3-4H2,1-2H3,(H,17,21)/b15-5+. The zero-order valence-electron chi connectivity index (χ0n) is 11.5. The third-order valence-electron chi connectivity index (χ3n) is 2.73. The lowest BCUT2D eigenvalue weighted by Gasteiger charge is -1.97. The molecule has 2 aromatic rings. The molecule has 0 aliphatic carbocycles. The average Bonchev–Trinajstić information content (AvgIpc) is 3.02. The van der Waals surface area contributed by atoms with Gasteiger partial charge < -0.3 is 0 Å². The van der Waals surface area contributed by atoms with E-state index in [0.717, 1.165) is 0 Å². The molecule has 0 bridgehead atoms. The maximum absolute atomic E-state index is 13.7. The van der Waals surface area contributed by atoms with Gasteiger partial charge >= 0.3 is 0 Å². The Morgan fingerprint density at radius 2 is 2.29 bits per heavy atom. The predicted molar refractivity (Wildman–Crippen MR) is 78.5 cm³/mol. The second-order valence-electron chi connectivity index (χ2n) is 4.09. The van der Waals surface area contributed by atoms with E-state index in [9.17, 15) is 9.18 Å². The van der Waals surface area contributed by atoms with Gasteiger partial charge in [-0.1, -0.05) is 0 Å². The first-order chi connectivity index (χ1) is 10.1. The molecule has 0 saturated heterocycles. The van der Waals surface area contributed by atoms with E-state index in [1.54, 1.807) is 17.8 Å². The smallest absolute Gasteiger partial charge is 0.271 e. The van der Waals surface area contributed by atoms with Crippen LogP contribution in [0.15, 0.2) is 22.0 Å². The van der Waals surface area contributed by atoms with E-state index in [4.69, 9.17) is 0 Å². The number of hydrogen-bond donors (Lipinski definition) is 1. The highest BCUT2D eigenvalue weighted by Crippen LogP contribution is 2.14. The number of amides is 1. The van der Waals surface area contributed by atoms with Crippen molar-refractivity contribution in [1.82, 2.24) is 25.0 Å². The highest BCUT2D eigenvalue weighted by Gasteiger charge is 2.14. The zero-order chi connectivity index (χ0) is 15.4. The Bertz CT molecular complexity index is 677. The van der Waals surface area contributed by atoms with Crippen LogP contribution in [0.2, 0.25) is 0 Å². The molecule has 0 aromatic carbocycles. The van der Waals surface area contributed by atoms with E-state index >= 15 is 0 Å². The monoisotopic (exact) mass is 356 g/mol. The van der Waals surface area contributed by atoms with E-state index < -0.39 is 11.9 Å². The SMILES string of the molecule is CCn1cc(Br)c(C(=O)N/N=C/c2cnn(CC)c2F)n1. The second kappa shape index (κ2) is 6.61. The molecular weight excluding hydrogens is 343 g/mol. The number of aromatic nitrogens is 4. The number of nitrogens with one attached hydrogen (secondary N) is 1. The Morgan fingerprint density at radius 1 is 1.52 bits per heavy atom. The van der Waals surface area contributed by atoms with Crippen LogP contribution in [-0.4, -0.2) is 31.7 Å². The van der Waals surface area contributed by atoms with Crippen molar-refractivity contribution in [2.45, 2.75) is 26.9 Å². The molecule has 0 fully saturated rings. The summed E-state index contributed by atoms with van der Waals surface area (Å²) in [6.07, 6.45) is 4.25. The first-order valence-electron chi connectivity index (χ1n) is 6.34. The fourth-order valence-electron chi connectivity index (χ4n) is 1.62. The van der Waals surface area contributed by atoms with Gasteiger partial charge in [-0.05, 0) is 29.8 Å². The van der Waals surface area contributed by atoms with Crippen LogP contribution >= 0.6 is 15.9 Å². The molecule has 112 valence electrons. The van der Waals surface area contributed by atoms with Crippen molar-refractivity contribution in [3.8, 4) is 0 Å². The van der Waals surface area contributed by atoms with Crippen molar-refractivity contribution in [2.75, 3.05) is 0 Å². The van der Waals surface area contributed by atoms with Gasteiger partial charge in [0.25, 0.3) is 5.91 Å². The van der Waals surface area contributed by atoms with Crippen molar-refractivity contribution in [3.05, 3.63) is 34.1 Å². The molecule has 2 heterocycles. The summed E-state index contributed by atoms with van der Waals surface area (Å²) >= 11 is 3.25. The van der Waals surface area contributed by atoms with Gasteiger partial charge in [0.05, 0.1) is 22.4 Å². The fourth-order valence-corrected chi connectivity index (χ4v) is 2.11. The third kappa shape index (κ3) is 3.35. The van der Waals surface area contributed by atoms with E-state index in [1.807, 2.05) is 6.92 Å². The van der Waals surface area contributed by atoms with Crippen LogP contribution in [-0.2, 0) is 13.1 Å². The van der Waals surface area contributed by atoms with Gasteiger partial charge in [0.2, 0.25) is 5.95 Å². The topological polar surface area (TPSA) is 77.1 Å². The molecule has 7 nitrogen and oxygen atoms in total. The molecule has 21 heavy (non-hydrogen) atoms. The average molecular weight is 357 g/mol. The van der Waals surface area contributed by atoms with Gasteiger partial charge in [-0.25, -0.2) is 10.1 Å². The molecule has 1 N–H and O–H groups in total. The molecule has 2 aromatic heterocycles. The van der Waals surface area contributed by atoms with Crippen LogP contribution in [0.3, 0.4) is 0 Å². The van der Waals surface area contributed by atoms with Crippen LogP contribution < -0.4 is 5.43 Å². The summed E-state index contributed by atoms with van der Waals surface area (Å²) in [5, 5.41) is 11.6. The molecular formula is C12H14BrFN6O. The summed E-state index contributed by atoms with van der Waals surface area (Å²) in [5.41, 5.74) is 2.73. The Balaban J connectivity index is 2.04. The van der Waals surface area contributed by atoms with Gasteiger partial charge in [-0.15, -0.1) is 0 Å². The Morgan fingerprint density at radius 3 is 2.86 bits per heavy atom. The lowest BCUT2D eigenvalue weighted by atomic mass is 10.4. The maximum atomic E-state index is 13.7. The third-order valence-corrected chi connectivity index (χ3v) is 3.31. The van der Waals surface area contributed by atoms with Crippen LogP contribution in [0.1, 0.15) is 29.9 Å². The van der Waals surface area contributed by atoms with Crippen molar-refractivity contribution in [1.29, 1.82) is 0 Å². The molecule has 0 radical (unpaired) electrons. The van der Waals surface area contributed by atoms with Crippen LogP contribution in [0.5, 0.6) is 0 Å². The molecule has 0 spiro atoms. The molecule has 0 aliphatic heterocycles. The van der Waals surface area contributed by atoms with E-state index in [0.29, 0.717) is 17.6 Å². The van der Waals surface area contributed by atoms with Gasteiger partial charge in [0.1, 0.15) is 0 Å². The van der Waals surface area contributed by atoms with E-state index in [2.05, 4.69) is 36.7 Å². The number of carbonyl (C=O) groups excluding carboxylic acids is 1. The van der Waals surface area contributed by atoms with Crippen LogP contribution in [0, 0.1) is 5.95 Å². The van der Waals surface area contributed by atoms with Crippen molar-refractivity contribution < 1.29 is 9.18 Å². The Hall–Kier alpha value is -2.03. The highest BCUT2D eigenvalue weighted by molar-refractivity contribution is 9.10. The quantitative estimate of drug-likeness (QED) is 0.655. The molecule has 0 atom stereocenters. The van der Waals surface area contributed by atoms with Crippen LogP contribution in [0.4, 0.5) is 4.39 Å². The largest absolute Gasteiger partial charge is 0.293 e. The first kappa shape index (κ1) is 15.4. The Kier molecular flexibility index (Phi) is 4.84. The number of nitrogens with zero attached hydrogens (tertiary/aromatic N) is 5. The summed E-state index contributed by atoms with van der Waals surface area (Å²) < 4.78 is 17.1. The minimum Gasteiger partial charge on any atom is -0.271 e. The van der Waals surface area contributed by atoms with Gasteiger partial charge in [0.15, 0.2) is 5.69 Å². The molecule has 0 aliphatic rings. The van der Waals surface area contributed by atoms with Crippen molar-refractivity contribution in [2.24, 2.45) is 5.10 Å². The summed E-state index contributed by atoms with van der Waals surface area (Å²) in [7, 11) is 0. The molecule has 9 heteroatoms. The summed E-state index contributed by atoms with van der Waals surface area (Å²) in [5.74, 6) is -0.972. The minimum atomic E-state index is -0.494. The number of hydrogen-bond acceptors (Lipinski definition) is 4. The number of aryl methyl sites for hydroxylation is 2. The van der Waals surface area contributed by atoms with Crippen LogP contribution in [0.25, 0.3) is 0 Å². The maximum Gasteiger partial charge on any atom is 0.293 e. The lowest BCUT2D eigenvalue weighted by Crippen LogP contribution is -2.19. The van der Waals surface area contributed by atoms with Crippen molar-refractivity contribution >= 4 is 28.1 Å². The van der Waals surface area contributed by atoms with E-state index in [-0.39, 0.29) is 11.3 Å². The molecule has 0 unspecified atom stereocenters. The molecule has 2 rings (SSSR count). The molecule has 0 saturated carbocycles. The number of rotatable bonds is 5. The second-order valence-corrected chi connectivity index (χ2v) is 4.94. The summed E-state index contributed by atoms with van der Waals surface area (Å²) in [6, 6.07) is 0. The summed E-state index contributed by atoms with van der Waals surface area (Å²) in [4.78, 5) is 11.9. The van der Waals surface area contributed by atoms with Gasteiger partial charge in [0, 0.05) is 19.3 Å². The normalized spacial score (nSPS) is 11.2. The first-order valence-corrected chi connectivity index (χ1v) is 7.13. The predicted octanol–water partition coefficient (Wildman–Crippen LogP) is 1.78. The lowest BCUT2D eigenvalue weighted by molar-refractivity contribution is 0.0948. The van der Waals surface area contributed by atoms with Crippen molar-refractivity contribution in [3.63, 3.8) is 0 Å². The van der Waals surface area contributed by atoms with E-state index in [1.165, 1.54) is 17.1 Å². The fraction of sp³-hybridized carbons (Fsp3) is 0.333. The summed E-state index contributed by atoms with van der Waals surface area (Å²) in [6.45, 7) is 4.76. The number of carbonyl (C=O) groups is 1. The highest BCUT2D eigenvalue weighted by atomic mass is 79.9. The molecule has 1 amide bonds. The van der Waals surface area contributed by atoms with Gasteiger partial charge in [-0.3, -0.25) is 9.48 Å². The zero-order valence-corrected chi connectivity index (χ0v) is 13.1.